The minimum absolute atomic E-state index is 0. The van der Waals surface area contributed by atoms with Gasteiger partial charge in [-0.2, -0.15) is 0 Å². The number of rotatable bonds is 1. The average molecular weight is 283 g/mol. The average Bonchev–Trinajstić information content (AvgIpc) is 2.47. The summed E-state index contributed by atoms with van der Waals surface area (Å²) in [5, 5.41) is 3.22. The number of nitrogens with zero attached hydrogens (tertiary/aromatic N) is 1. The monoisotopic (exact) mass is 282 g/mol. The van der Waals surface area contributed by atoms with Crippen LogP contribution < -0.4 is 5.32 Å². The number of hydrogen-bond acceptors (Lipinski definition) is 3. The second-order valence-corrected chi connectivity index (χ2v) is 4.86. The third-order valence-electron chi connectivity index (χ3n) is 3.66. The molecule has 0 bridgehead atoms. The lowest BCUT2D eigenvalue weighted by atomic mass is 9.99. The molecule has 1 unspecified atom stereocenters. The number of hydrogen-bond donors (Lipinski definition) is 1. The normalized spacial score (nSPS) is 22.3. The van der Waals surface area contributed by atoms with Crippen molar-refractivity contribution in [2.75, 3.05) is 26.3 Å². The highest BCUT2D eigenvalue weighted by Gasteiger charge is 2.28. The summed E-state index contributed by atoms with van der Waals surface area (Å²) in [5.74, 6) is 0.171. The molecule has 2 heterocycles. The van der Waals surface area contributed by atoms with Crippen LogP contribution in [0.5, 0.6) is 0 Å². The van der Waals surface area contributed by atoms with Gasteiger partial charge in [0.1, 0.15) is 6.04 Å². The summed E-state index contributed by atoms with van der Waals surface area (Å²) in [4.78, 5) is 14.3. The molecule has 1 amide bonds. The highest BCUT2D eigenvalue weighted by molar-refractivity contribution is 5.85. The largest absolute Gasteiger partial charge is 0.378 e. The fourth-order valence-corrected chi connectivity index (χ4v) is 2.63. The van der Waals surface area contributed by atoms with Gasteiger partial charge in [0.25, 0.3) is 0 Å². The van der Waals surface area contributed by atoms with Crippen LogP contribution in [0.3, 0.4) is 0 Å². The van der Waals surface area contributed by atoms with Crippen molar-refractivity contribution in [1.82, 2.24) is 10.2 Å². The van der Waals surface area contributed by atoms with Crippen LogP contribution in [0.15, 0.2) is 24.3 Å². The van der Waals surface area contributed by atoms with Crippen LogP contribution in [0.1, 0.15) is 11.1 Å². The van der Waals surface area contributed by atoms with Gasteiger partial charge < -0.3 is 15.0 Å². The number of nitrogens with one attached hydrogen (secondary N) is 1. The van der Waals surface area contributed by atoms with Gasteiger partial charge in [0.05, 0.1) is 13.2 Å². The van der Waals surface area contributed by atoms with Crippen molar-refractivity contribution in [2.45, 2.75) is 19.0 Å². The molecule has 19 heavy (non-hydrogen) atoms. The maximum Gasteiger partial charge on any atom is 0.242 e. The lowest BCUT2D eigenvalue weighted by Gasteiger charge is -2.33. The molecular formula is C14H19ClN2O2. The Bertz CT molecular complexity index is 447. The second kappa shape index (κ2) is 6.37. The van der Waals surface area contributed by atoms with Gasteiger partial charge in [-0.3, -0.25) is 4.79 Å². The molecule has 1 atom stereocenters. The van der Waals surface area contributed by atoms with E-state index in [4.69, 9.17) is 4.74 Å². The summed E-state index contributed by atoms with van der Waals surface area (Å²) in [7, 11) is 0. The highest BCUT2D eigenvalue weighted by Crippen LogP contribution is 2.19. The molecular weight excluding hydrogens is 264 g/mol. The fraction of sp³-hybridized carbons (Fsp3) is 0.500. The van der Waals surface area contributed by atoms with E-state index in [0.717, 1.165) is 26.1 Å². The second-order valence-electron chi connectivity index (χ2n) is 4.86. The first-order valence-electron chi connectivity index (χ1n) is 6.51. The van der Waals surface area contributed by atoms with Crippen LogP contribution in [0.25, 0.3) is 0 Å². The lowest BCUT2D eigenvalue weighted by molar-refractivity contribution is -0.137. The number of fused-ring (bicyclic) bond motifs is 1. The van der Waals surface area contributed by atoms with Gasteiger partial charge in [0, 0.05) is 19.6 Å². The van der Waals surface area contributed by atoms with E-state index in [2.05, 4.69) is 23.5 Å². The van der Waals surface area contributed by atoms with Crippen molar-refractivity contribution in [3.63, 3.8) is 0 Å². The van der Waals surface area contributed by atoms with Crippen LogP contribution >= 0.6 is 12.4 Å². The molecule has 1 saturated heterocycles. The zero-order valence-electron chi connectivity index (χ0n) is 10.8. The zero-order chi connectivity index (χ0) is 12.4. The molecule has 0 aromatic heterocycles. The predicted octanol–water partition coefficient (Wildman–Crippen LogP) is 0.981. The number of amides is 1. The van der Waals surface area contributed by atoms with Gasteiger partial charge in [0.2, 0.25) is 5.91 Å². The summed E-state index contributed by atoms with van der Waals surface area (Å²) >= 11 is 0. The molecule has 1 aromatic rings. The molecule has 3 rings (SSSR count). The van der Waals surface area contributed by atoms with Crippen molar-refractivity contribution in [2.24, 2.45) is 0 Å². The van der Waals surface area contributed by atoms with Crippen molar-refractivity contribution >= 4 is 18.3 Å². The van der Waals surface area contributed by atoms with Crippen molar-refractivity contribution < 1.29 is 9.53 Å². The van der Waals surface area contributed by atoms with Crippen molar-refractivity contribution in [3.05, 3.63) is 35.4 Å². The Hall–Kier alpha value is -1.10. The van der Waals surface area contributed by atoms with Gasteiger partial charge in [-0.1, -0.05) is 24.3 Å². The third-order valence-corrected chi connectivity index (χ3v) is 3.66. The number of carbonyl (C=O) groups excluding carboxylic acids is 1. The summed E-state index contributed by atoms with van der Waals surface area (Å²) in [6, 6.07) is 8.20. The molecule has 0 saturated carbocycles. The lowest BCUT2D eigenvalue weighted by Crippen LogP contribution is -2.53. The third kappa shape index (κ3) is 3.08. The van der Waals surface area contributed by atoms with E-state index in [1.165, 1.54) is 11.1 Å². The SMILES string of the molecule is Cl.O=C(C1COCCN1)N1CCc2ccccc2C1. The molecule has 1 aromatic carbocycles. The Labute approximate surface area is 119 Å². The summed E-state index contributed by atoms with van der Waals surface area (Å²) in [5.41, 5.74) is 2.64. The summed E-state index contributed by atoms with van der Waals surface area (Å²) < 4.78 is 5.35. The van der Waals surface area contributed by atoms with Gasteiger partial charge in [-0.25, -0.2) is 0 Å². The van der Waals surface area contributed by atoms with E-state index < -0.39 is 0 Å². The quantitative estimate of drug-likeness (QED) is 0.835. The van der Waals surface area contributed by atoms with E-state index in [-0.39, 0.29) is 24.4 Å². The van der Waals surface area contributed by atoms with E-state index >= 15 is 0 Å². The fourth-order valence-electron chi connectivity index (χ4n) is 2.63. The number of carbonyl (C=O) groups is 1. The maximum atomic E-state index is 12.3. The molecule has 0 aliphatic carbocycles. The van der Waals surface area contributed by atoms with E-state index in [9.17, 15) is 4.79 Å². The predicted molar refractivity (Wildman–Crippen MR) is 75.4 cm³/mol. The smallest absolute Gasteiger partial charge is 0.242 e. The molecule has 1 N–H and O–H groups in total. The van der Waals surface area contributed by atoms with Crippen LogP contribution in [0.2, 0.25) is 0 Å². The topological polar surface area (TPSA) is 41.6 Å². The molecule has 1 fully saturated rings. The minimum atomic E-state index is -0.163. The Morgan fingerprint density at radius 2 is 2.11 bits per heavy atom. The highest BCUT2D eigenvalue weighted by atomic mass is 35.5. The molecule has 2 aliphatic rings. The molecule has 2 aliphatic heterocycles. The number of halogens is 1. The van der Waals surface area contributed by atoms with E-state index in [1.54, 1.807) is 0 Å². The van der Waals surface area contributed by atoms with E-state index in [0.29, 0.717) is 13.2 Å². The number of morpholine rings is 1. The van der Waals surface area contributed by atoms with E-state index in [1.807, 2.05) is 11.0 Å². The van der Waals surface area contributed by atoms with Crippen LogP contribution in [0.4, 0.5) is 0 Å². The van der Waals surface area contributed by atoms with Gasteiger partial charge in [0.15, 0.2) is 0 Å². The molecule has 0 spiro atoms. The van der Waals surface area contributed by atoms with Crippen LogP contribution in [0, 0.1) is 0 Å². The number of ether oxygens (including phenoxy) is 1. The van der Waals surface area contributed by atoms with Crippen LogP contribution in [-0.4, -0.2) is 43.2 Å². The standard InChI is InChI=1S/C14H18N2O2.ClH/c17-14(13-10-18-8-6-15-13)16-7-5-11-3-1-2-4-12(11)9-16;/h1-4,13,15H,5-10H2;1H. The first kappa shape index (κ1) is 14.3. The van der Waals surface area contributed by atoms with Gasteiger partial charge >= 0.3 is 0 Å². The first-order chi connectivity index (χ1) is 8.84. The Morgan fingerprint density at radius 3 is 2.84 bits per heavy atom. The molecule has 0 radical (unpaired) electrons. The Kier molecular flexibility index (Phi) is 4.80. The Morgan fingerprint density at radius 1 is 1.32 bits per heavy atom. The maximum absolute atomic E-state index is 12.3. The van der Waals surface area contributed by atoms with Crippen molar-refractivity contribution in [3.8, 4) is 0 Å². The zero-order valence-corrected chi connectivity index (χ0v) is 11.6. The minimum Gasteiger partial charge on any atom is -0.378 e. The molecule has 4 nitrogen and oxygen atoms in total. The summed E-state index contributed by atoms with van der Waals surface area (Å²) in [6.07, 6.45) is 0.954. The van der Waals surface area contributed by atoms with Gasteiger partial charge in [-0.05, 0) is 17.5 Å². The van der Waals surface area contributed by atoms with Crippen LogP contribution in [-0.2, 0) is 22.5 Å². The van der Waals surface area contributed by atoms with Crippen molar-refractivity contribution in [1.29, 1.82) is 0 Å². The molecule has 5 heteroatoms. The first-order valence-corrected chi connectivity index (χ1v) is 6.51. The summed E-state index contributed by atoms with van der Waals surface area (Å²) in [6.45, 7) is 3.51. The molecule has 104 valence electrons. The number of benzene rings is 1. The van der Waals surface area contributed by atoms with Gasteiger partial charge in [-0.15, -0.1) is 12.4 Å². The Balaban J connectivity index is 0.00000133.